The minimum absolute atomic E-state index is 0.223. The maximum absolute atomic E-state index is 11.6. The Labute approximate surface area is 87.8 Å². The van der Waals surface area contributed by atoms with Gasteiger partial charge in [-0.3, -0.25) is 14.9 Å². The Kier molecular flexibility index (Phi) is 2.97. The molecule has 0 aromatic rings. The van der Waals surface area contributed by atoms with Crippen LogP contribution in [-0.2, 0) is 9.59 Å². The van der Waals surface area contributed by atoms with Gasteiger partial charge in [-0.25, -0.2) is 4.79 Å². The Balaban J connectivity index is 3.03. The quantitative estimate of drug-likeness (QED) is 0.621. The molecule has 6 nitrogen and oxygen atoms in total. The Morgan fingerprint density at radius 1 is 1.40 bits per heavy atom. The number of imide groups is 1. The van der Waals surface area contributed by atoms with Crippen LogP contribution in [0.15, 0.2) is 0 Å². The molecule has 1 fully saturated rings. The summed E-state index contributed by atoms with van der Waals surface area (Å²) in [5.74, 6) is -0.968. The molecule has 0 bridgehead atoms. The smallest absolute Gasteiger partial charge is 0.325 e. The van der Waals surface area contributed by atoms with Crippen LogP contribution in [-0.4, -0.2) is 34.8 Å². The number of hydrogen-bond acceptors (Lipinski definition) is 3. The zero-order valence-electron chi connectivity index (χ0n) is 8.87. The predicted molar refractivity (Wildman–Crippen MR) is 52.8 cm³/mol. The monoisotopic (exact) mass is 213 g/mol. The fourth-order valence-electron chi connectivity index (χ4n) is 1.93. The number of nitrogens with zero attached hydrogens (tertiary/aromatic N) is 1. The molecule has 1 rings (SSSR count). The van der Waals surface area contributed by atoms with E-state index in [1.165, 1.54) is 4.90 Å². The van der Waals surface area contributed by atoms with Crippen LogP contribution >= 0.6 is 0 Å². The SMILES string of the molecule is CCC1(CC)C(=O)NC(=O)N1CC(N)=O. The summed E-state index contributed by atoms with van der Waals surface area (Å²) in [5, 5.41) is 2.21. The number of carbonyl (C=O) groups is 3. The van der Waals surface area contributed by atoms with E-state index in [0.29, 0.717) is 12.8 Å². The first-order valence-electron chi connectivity index (χ1n) is 4.89. The van der Waals surface area contributed by atoms with Crippen LogP contribution in [0.4, 0.5) is 4.79 Å². The molecule has 4 amide bonds. The van der Waals surface area contributed by atoms with Gasteiger partial charge in [-0.1, -0.05) is 13.8 Å². The highest BCUT2D eigenvalue weighted by atomic mass is 16.2. The number of nitrogens with two attached hydrogens (primary N) is 1. The van der Waals surface area contributed by atoms with Gasteiger partial charge in [-0.05, 0) is 12.8 Å². The maximum atomic E-state index is 11.6. The van der Waals surface area contributed by atoms with Gasteiger partial charge in [-0.15, -0.1) is 0 Å². The van der Waals surface area contributed by atoms with Crippen molar-refractivity contribution in [3.05, 3.63) is 0 Å². The number of urea groups is 1. The molecule has 15 heavy (non-hydrogen) atoms. The van der Waals surface area contributed by atoms with E-state index in [2.05, 4.69) is 5.32 Å². The first-order chi connectivity index (χ1) is 6.97. The second kappa shape index (κ2) is 3.88. The highest BCUT2D eigenvalue weighted by Crippen LogP contribution is 2.28. The number of carbonyl (C=O) groups excluding carboxylic acids is 3. The normalized spacial score (nSPS) is 19.2. The standard InChI is InChI=1S/C9H15N3O3/c1-3-9(4-2)7(14)11-8(15)12(9)5-6(10)13/h3-5H2,1-2H3,(H2,10,13)(H,11,14,15). The van der Waals surface area contributed by atoms with E-state index in [1.54, 1.807) is 13.8 Å². The van der Waals surface area contributed by atoms with Crippen LogP contribution in [0.3, 0.4) is 0 Å². The van der Waals surface area contributed by atoms with E-state index in [9.17, 15) is 14.4 Å². The van der Waals surface area contributed by atoms with Crippen molar-refractivity contribution in [3.8, 4) is 0 Å². The molecular weight excluding hydrogens is 198 g/mol. The van der Waals surface area contributed by atoms with E-state index in [4.69, 9.17) is 5.73 Å². The molecule has 0 saturated carbocycles. The Morgan fingerprint density at radius 2 is 1.93 bits per heavy atom. The lowest BCUT2D eigenvalue weighted by Crippen LogP contribution is -2.51. The molecule has 1 aliphatic heterocycles. The zero-order valence-corrected chi connectivity index (χ0v) is 8.87. The van der Waals surface area contributed by atoms with E-state index in [0.717, 1.165) is 0 Å². The van der Waals surface area contributed by atoms with Gasteiger partial charge in [0.15, 0.2) is 0 Å². The summed E-state index contributed by atoms with van der Waals surface area (Å²) in [6.45, 7) is 3.38. The Bertz CT molecular complexity index is 310. The van der Waals surface area contributed by atoms with Crippen molar-refractivity contribution in [2.24, 2.45) is 5.73 Å². The van der Waals surface area contributed by atoms with Gasteiger partial charge < -0.3 is 10.6 Å². The molecule has 6 heteroatoms. The maximum Gasteiger partial charge on any atom is 0.325 e. The fraction of sp³-hybridized carbons (Fsp3) is 0.667. The van der Waals surface area contributed by atoms with Crippen LogP contribution in [0.1, 0.15) is 26.7 Å². The molecule has 0 aliphatic carbocycles. The first-order valence-corrected chi connectivity index (χ1v) is 4.89. The van der Waals surface area contributed by atoms with Crippen molar-refractivity contribution in [3.63, 3.8) is 0 Å². The van der Waals surface area contributed by atoms with Gasteiger partial charge in [0.1, 0.15) is 12.1 Å². The van der Waals surface area contributed by atoms with E-state index in [1.807, 2.05) is 0 Å². The van der Waals surface area contributed by atoms with Crippen molar-refractivity contribution in [2.45, 2.75) is 32.2 Å². The molecule has 1 saturated heterocycles. The molecule has 1 aliphatic rings. The predicted octanol–water partition coefficient (Wildman–Crippen LogP) is -0.418. The van der Waals surface area contributed by atoms with Crippen molar-refractivity contribution in [2.75, 3.05) is 6.54 Å². The van der Waals surface area contributed by atoms with E-state index >= 15 is 0 Å². The van der Waals surface area contributed by atoms with Crippen LogP contribution < -0.4 is 11.1 Å². The molecule has 0 unspecified atom stereocenters. The van der Waals surface area contributed by atoms with Crippen LogP contribution in [0.2, 0.25) is 0 Å². The van der Waals surface area contributed by atoms with Gasteiger partial charge >= 0.3 is 6.03 Å². The molecule has 1 heterocycles. The lowest BCUT2D eigenvalue weighted by molar-refractivity contribution is -0.128. The molecule has 0 spiro atoms. The number of hydrogen-bond donors (Lipinski definition) is 2. The number of amides is 4. The zero-order chi connectivity index (χ0) is 11.6. The summed E-state index contributed by atoms with van der Waals surface area (Å²) in [7, 11) is 0. The molecule has 84 valence electrons. The average molecular weight is 213 g/mol. The van der Waals surface area contributed by atoms with E-state index in [-0.39, 0.29) is 12.5 Å². The molecule has 3 N–H and O–H groups in total. The van der Waals surface area contributed by atoms with Gasteiger partial charge in [0.05, 0.1) is 0 Å². The summed E-state index contributed by atoms with van der Waals surface area (Å²) in [5.41, 5.74) is 4.13. The lowest BCUT2D eigenvalue weighted by Gasteiger charge is -2.32. The summed E-state index contributed by atoms with van der Waals surface area (Å²) < 4.78 is 0. The molecule has 0 atom stereocenters. The summed E-state index contributed by atoms with van der Waals surface area (Å²) in [6, 6.07) is -0.539. The summed E-state index contributed by atoms with van der Waals surface area (Å²) in [4.78, 5) is 35.1. The van der Waals surface area contributed by atoms with Gasteiger partial charge in [0.25, 0.3) is 5.91 Å². The number of rotatable bonds is 4. The molecular formula is C9H15N3O3. The van der Waals surface area contributed by atoms with Gasteiger partial charge in [0, 0.05) is 0 Å². The van der Waals surface area contributed by atoms with Gasteiger partial charge in [0.2, 0.25) is 5.91 Å². The van der Waals surface area contributed by atoms with Crippen LogP contribution in [0.25, 0.3) is 0 Å². The Hall–Kier alpha value is -1.59. The molecule has 0 radical (unpaired) electrons. The summed E-state index contributed by atoms with van der Waals surface area (Å²) >= 11 is 0. The topological polar surface area (TPSA) is 92.5 Å². The third-order valence-electron chi connectivity index (χ3n) is 2.89. The fourth-order valence-corrected chi connectivity index (χ4v) is 1.93. The minimum atomic E-state index is -0.911. The molecule has 0 aromatic heterocycles. The second-order valence-electron chi connectivity index (χ2n) is 3.55. The van der Waals surface area contributed by atoms with Crippen LogP contribution in [0, 0.1) is 0 Å². The highest BCUT2D eigenvalue weighted by molar-refractivity contribution is 6.08. The second-order valence-corrected chi connectivity index (χ2v) is 3.55. The number of nitrogens with one attached hydrogen (secondary N) is 1. The summed E-state index contributed by atoms with van der Waals surface area (Å²) in [6.07, 6.45) is 0.933. The third-order valence-corrected chi connectivity index (χ3v) is 2.89. The lowest BCUT2D eigenvalue weighted by atomic mass is 9.91. The van der Waals surface area contributed by atoms with Crippen molar-refractivity contribution in [1.82, 2.24) is 10.2 Å². The molecule has 0 aromatic carbocycles. The highest BCUT2D eigenvalue weighted by Gasteiger charge is 2.50. The van der Waals surface area contributed by atoms with Crippen molar-refractivity contribution in [1.29, 1.82) is 0 Å². The largest absolute Gasteiger partial charge is 0.368 e. The van der Waals surface area contributed by atoms with Crippen LogP contribution in [0.5, 0.6) is 0 Å². The van der Waals surface area contributed by atoms with E-state index < -0.39 is 17.5 Å². The first kappa shape index (κ1) is 11.5. The Morgan fingerprint density at radius 3 is 2.33 bits per heavy atom. The van der Waals surface area contributed by atoms with Gasteiger partial charge in [-0.2, -0.15) is 0 Å². The minimum Gasteiger partial charge on any atom is -0.368 e. The third kappa shape index (κ3) is 1.67. The van der Waals surface area contributed by atoms with Crippen molar-refractivity contribution < 1.29 is 14.4 Å². The average Bonchev–Trinajstić information content (AvgIpc) is 2.39. The number of primary amides is 1. The van der Waals surface area contributed by atoms with Crippen molar-refractivity contribution >= 4 is 17.8 Å².